The predicted octanol–water partition coefficient (Wildman–Crippen LogP) is 2.28. The van der Waals surface area contributed by atoms with Gasteiger partial charge in [0.1, 0.15) is 18.5 Å². The van der Waals surface area contributed by atoms with Gasteiger partial charge in [0, 0.05) is 18.5 Å². The van der Waals surface area contributed by atoms with Crippen LogP contribution < -0.4 is 4.74 Å². The zero-order valence-electron chi connectivity index (χ0n) is 13.5. The van der Waals surface area contributed by atoms with Crippen molar-refractivity contribution in [3.63, 3.8) is 0 Å². The van der Waals surface area contributed by atoms with E-state index >= 15 is 0 Å². The lowest BCUT2D eigenvalue weighted by molar-refractivity contribution is 0.0196. The maximum atomic E-state index is 10.1. The van der Waals surface area contributed by atoms with Crippen LogP contribution in [0.3, 0.4) is 0 Å². The molecule has 2 rings (SSSR count). The topological polar surface area (TPSA) is 52.9 Å². The molecule has 0 aromatic heterocycles. The number of rotatable bonds is 7. The number of hydrogen-bond donors (Lipinski definition) is 2. The number of fused-ring (bicyclic) bond motifs is 1. The molecule has 0 saturated carbocycles. The third-order valence-corrected chi connectivity index (χ3v) is 3.36. The molecule has 0 aliphatic rings. The minimum atomic E-state index is -0.773. The van der Waals surface area contributed by atoms with E-state index in [9.17, 15) is 10.2 Å². The molecule has 0 bridgehead atoms. The van der Waals surface area contributed by atoms with Crippen molar-refractivity contribution in [1.29, 1.82) is 0 Å². The van der Waals surface area contributed by atoms with E-state index in [-0.39, 0.29) is 6.61 Å². The molecule has 22 heavy (non-hydrogen) atoms. The largest absolute Gasteiger partial charge is 0.490 e. The van der Waals surface area contributed by atoms with Gasteiger partial charge in [0.05, 0.1) is 5.60 Å². The van der Waals surface area contributed by atoms with Crippen LogP contribution in [0.25, 0.3) is 10.8 Å². The average molecular weight is 303 g/mol. The van der Waals surface area contributed by atoms with E-state index in [0.717, 1.165) is 16.5 Å². The molecule has 4 heteroatoms. The van der Waals surface area contributed by atoms with Gasteiger partial charge in [0.15, 0.2) is 0 Å². The summed E-state index contributed by atoms with van der Waals surface area (Å²) in [6.07, 6.45) is -0.605. The zero-order chi connectivity index (χ0) is 16.2. The van der Waals surface area contributed by atoms with Crippen LogP contribution in [0.1, 0.15) is 13.8 Å². The minimum Gasteiger partial charge on any atom is -0.490 e. The first-order valence-corrected chi connectivity index (χ1v) is 7.55. The summed E-state index contributed by atoms with van der Waals surface area (Å²) >= 11 is 0. The number of ether oxygens (including phenoxy) is 1. The Morgan fingerprint density at radius 3 is 2.55 bits per heavy atom. The molecular formula is C18H25NO3. The standard InChI is InChI=1S/C18H25NO3/c1-18(2,21)13-19(3)11-15(20)12-22-17-10-6-8-14-7-4-5-9-16(14)17/h4-10,15,20-21H,11-13H2,1-3H3. The SMILES string of the molecule is CN(CC(O)COc1cccc2ccccc12)CC(C)(C)O. The van der Waals surface area contributed by atoms with E-state index in [2.05, 4.69) is 0 Å². The molecule has 0 saturated heterocycles. The molecule has 0 aliphatic carbocycles. The Morgan fingerprint density at radius 1 is 1.14 bits per heavy atom. The van der Waals surface area contributed by atoms with Crippen molar-refractivity contribution in [2.45, 2.75) is 25.6 Å². The highest BCUT2D eigenvalue weighted by Gasteiger charge is 2.18. The normalized spacial score (nSPS) is 13.5. The van der Waals surface area contributed by atoms with Gasteiger partial charge in [-0.3, -0.25) is 0 Å². The molecule has 2 aromatic rings. The van der Waals surface area contributed by atoms with Gasteiger partial charge in [-0.25, -0.2) is 0 Å². The first kappa shape index (κ1) is 16.7. The van der Waals surface area contributed by atoms with Gasteiger partial charge >= 0.3 is 0 Å². The molecule has 0 radical (unpaired) electrons. The highest BCUT2D eigenvalue weighted by Crippen LogP contribution is 2.25. The van der Waals surface area contributed by atoms with Gasteiger partial charge in [-0.05, 0) is 32.3 Å². The Kier molecular flexibility index (Phi) is 5.40. The zero-order valence-corrected chi connectivity index (χ0v) is 13.5. The number of hydrogen-bond acceptors (Lipinski definition) is 4. The molecule has 0 fully saturated rings. The summed E-state index contributed by atoms with van der Waals surface area (Å²) in [4.78, 5) is 1.90. The van der Waals surface area contributed by atoms with E-state index in [1.807, 2.05) is 54.4 Å². The summed E-state index contributed by atoms with van der Waals surface area (Å²) in [5.41, 5.74) is -0.773. The molecule has 0 aliphatic heterocycles. The van der Waals surface area contributed by atoms with Gasteiger partial charge < -0.3 is 19.8 Å². The van der Waals surface area contributed by atoms with Crippen LogP contribution >= 0.6 is 0 Å². The van der Waals surface area contributed by atoms with Crippen molar-refractivity contribution in [3.8, 4) is 5.75 Å². The van der Waals surface area contributed by atoms with Crippen LogP contribution in [-0.4, -0.2) is 53.6 Å². The fourth-order valence-electron chi connectivity index (χ4n) is 2.65. The first-order chi connectivity index (χ1) is 10.3. The molecule has 2 aromatic carbocycles. The Morgan fingerprint density at radius 2 is 1.82 bits per heavy atom. The van der Waals surface area contributed by atoms with Gasteiger partial charge in [0.25, 0.3) is 0 Å². The molecule has 0 spiro atoms. The summed E-state index contributed by atoms with van der Waals surface area (Å²) in [6, 6.07) is 13.9. The fraction of sp³-hybridized carbons (Fsp3) is 0.444. The number of likely N-dealkylation sites (N-methyl/N-ethyl adjacent to an activating group) is 1. The molecule has 4 nitrogen and oxygen atoms in total. The molecular weight excluding hydrogens is 278 g/mol. The van der Waals surface area contributed by atoms with Crippen LogP contribution in [0.15, 0.2) is 42.5 Å². The van der Waals surface area contributed by atoms with Crippen molar-refractivity contribution >= 4 is 10.8 Å². The second-order valence-corrected chi connectivity index (χ2v) is 6.45. The third-order valence-electron chi connectivity index (χ3n) is 3.36. The number of benzene rings is 2. The van der Waals surface area contributed by atoms with Crippen LogP contribution in [0.5, 0.6) is 5.75 Å². The molecule has 0 heterocycles. The Hall–Kier alpha value is -1.62. The molecule has 1 unspecified atom stereocenters. The summed E-state index contributed by atoms with van der Waals surface area (Å²) in [7, 11) is 1.87. The van der Waals surface area contributed by atoms with Gasteiger partial charge in [-0.1, -0.05) is 36.4 Å². The van der Waals surface area contributed by atoms with E-state index in [1.165, 1.54) is 0 Å². The van der Waals surface area contributed by atoms with Crippen LogP contribution in [0, 0.1) is 0 Å². The van der Waals surface area contributed by atoms with Crippen LogP contribution in [-0.2, 0) is 0 Å². The summed E-state index contributed by atoms with van der Waals surface area (Å²) in [6.45, 7) is 4.68. The van der Waals surface area contributed by atoms with Crippen molar-refractivity contribution in [1.82, 2.24) is 4.90 Å². The average Bonchev–Trinajstić information content (AvgIpc) is 2.43. The van der Waals surface area contributed by atoms with E-state index < -0.39 is 11.7 Å². The minimum absolute atomic E-state index is 0.226. The fourth-order valence-corrected chi connectivity index (χ4v) is 2.65. The second kappa shape index (κ2) is 7.09. The quantitative estimate of drug-likeness (QED) is 0.824. The Labute approximate surface area is 131 Å². The van der Waals surface area contributed by atoms with Crippen molar-refractivity contribution in [3.05, 3.63) is 42.5 Å². The molecule has 2 N–H and O–H groups in total. The third kappa shape index (κ3) is 4.98. The van der Waals surface area contributed by atoms with E-state index in [4.69, 9.17) is 4.74 Å². The second-order valence-electron chi connectivity index (χ2n) is 6.45. The predicted molar refractivity (Wildman–Crippen MR) is 89.2 cm³/mol. The Balaban J connectivity index is 1.91. The monoisotopic (exact) mass is 303 g/mol. The number of nitrogens with zero attached hydrogens (tertiary/aromatic N) is 1. The van der Waals surface area contributed by atoms with Crippen molar-refractivity contribution in [2.24, 2.45) is 0 Å². The molecule has 1 atom stereocenters. The summed E-state index contributed by atoms with van der Waals surface area (Å²) in [5.74, 6) is 0.780. The lowest BCUT2D eigenvalue weighted by Crippen LogP contribution is -2.41. The summed E-state index contributed by atoms with van der Waals surface area (Å²) < 4.78 is 5.77. The van der Waals surface area contributed by atoms with Gasteiger partial charge in [-0.15, -0.1) is 0 Å². The van der Waals surface area contributed by atoms with E-state index in [1.54, 1.807) is 13.8 Å². The first-order valence-electron chi connectivity index (χ1n) is 7.55. The highest BCUT2D eigenvalue weighted by atomic mass is 16.5. The van der Waals surface area contributed by atoms with Gasteiger partial charge in [0.2, 0.25) is 0 Å². The molecule has 0 amide bonds. The van der Waals surface area contributed by atoms with Crippen LogP contribution in [0.2, 0.25) is 0 Å². The van der Waals surface area contributed by atoms with E-state index in [0.29, 0.717) is 13.1 Å². The maximum absolute atomic E-state index is 10.1. The Bertz CT molecular complexity index is 601. The van der Waals surface area contributed by atoms with Crippen molar-refractivity contribution in [2.75, 3.05) is 26.7 Å². The lowest BCUT2D eigenvalue weighted by Gasteiger charge is -2.27. The number of aliphatic hydroxyl groups is 2. The lowest BCUT2D eigenvalue weighted by atomic mass is 10.1. The summed E-state index contributed by atoms with van der Waals surface area (Å²) in [5, 5.41) is 22.0. The maximum Gasteiger partial charge on any atom is 0.127 e. The van der Waals surface area contributed by atoms with Crippen LogP contribution in [0.4, 0.5) is 0 Å². The van der Waals surface area contributed by atoms with Crippen molar-refractivity contribution < 1.29 is 14.9 Å². The molecule has 120 valence electrons. The number of aliphatic hydroxyl groups excluding tert-OH is 1. The van der Waals surface area contributed by atoms with Gasteiger partial charge in [-0.2, -0.15) is 0 Å². The highest BCUT2D eigenvalue weighted by molar-refractivity contribution is 5.88. The smallest absolute Gasteiger partial charge is 0.127 e.